The molecule has 0 unspecified atom stereocenters. The fraction of sp³-hybridized carbons (Fsp3) is 0.133. The second-order valence-electron chi connectivity index (χ2n) is 4.33. The molecule has 6 heteroatoms. The number of amides is 1. The van der Waals surface area contributed by atoms with Crippen LogP contribution in [0.5, 0.6) is 0 Å². The number of hydrogen-bond acceptors (Lipinski definition) is 4. The Balaban J connectivity index is 2.07. The average Bonchev–Trinajstić information content (AvgIpc) is 2.79. The van der Waals surface area contributed by atoms with E-state index < -0.39 is 0 Å². The van der Waals surface area contributed by atoms with Gasteiger partial charge in [-0.3, -0.25) is 14.9 Å². The van der Waals surface area contributed by atoms with Gasteiger partial charge in [-0.2, -0.15) is 0 Å². The molecule has 1 amide bonds. The Morgan fingerprint density at radius 2 is 2.05 bits per heavy atom. The van der Waals surface area contributed by atoms with Gasteiger partial charge >= 0.3 is 0 Å². The average molecular weight is 321 g/mol. The summed E-state index contributed by atoms with van der Waals surface area (Å²) < 4.78 is 0. The number of halogens is 1. The smallest absolute Gasteiger partial charge is 0.250 e. The maximum absolute atomic E-state index is 11.8. The quantitative estimate of drug-likeness (QED) is 0.685. The SMILES string of the molecule is CC(=O)c1sc(NC(=O)C=Cc2ccccc2Cl)nc1C. The topological polar surface area (TPSA) is 59.1 Å². The van der Waals surface area contributed by atoms with Gasteiger partial charge < -0.3 is 0 Å². The molecule has 0 saturated carbocycles. The van der Waals surface area contributed by atoms with Crippen molar-refractivity contribution in [1.82, 2.24) is 4.98 Å². The van der Waals surface area contributed by atoms with Gasteiger partial charge in [-0.1, -0.05) is 41.1 Å². The lowest BCUT2D eigenvalue weighted by molar-refractivity contribution is -0.111. The highest BCUT2D eigenvalue weighted by Gasteiger charge is 2.12. The zero-order valence-corrected chi connectivity index (χ0v) is 13.1. The number of aryl methyl sites for hydroxylation is 1. The summed E-state index contributed by atoms with van der Waals surface area (Å²) in [5.41, 5.74) is 1.38. The fourth-order valence-electron chi connectivity index (χ4n) is 1.70. The Morgan fingerprint density at radius 1 is 1.33 bits per heavy atom. The molecule has 2 aromatic rings. The molecule has 2 rings (SSSR count). The second kappa shape index (κ2) is 6.65. The van der Waals surface area contributed by atoms with Crippen LogP contribution in [-0.2, 0) is 4.79 Å². The van der Waals surface area contributed by atoms with Crippen LogP contribution in [0.4, 0.5) is 5.13 Å². The van der Waals surface area contributed by atoms with E-state index in [9.17, 15) is 9.59 Å². The van der Waals surface area contributed by atoms with Gasteiger partial charge in [-0.25, -0.2) is 4.98 Å². The number of carbonyl (C=O) groups excluding carboxylic acids is 2. The molecule has 0 aliphatic rings. The molecule has 0 fully saturated rings. The van der Waals surface area contributed by atoms with Gasteiger partial charge in [0.05, 0.1) is 10.6 Å². The Hall–Kier alpha value is -1.98. The van der Waals surface area contributed by atoms with E-state index >= 15 is 0 Å². The maximum atomic E-state index is 11.8. The lowest BCUT2D eigenvalue weighted by Gasteiger charge is -1.97. The Labute approximate surface area is 131 Å². The van der Waals surface area contributed by atoms with Gasteiger partial charge in [0.1, 0.15) is 0 Å². The van der Waals surface area contributed by atoms with Crippen LogP contribution in [0, 0.1) is 6.92 Å². The van der Waals surface area contributed by atoms with Gasteiger partial charge in [-0.05, 0) is 24.6 Å². The number of Topliss-reactive ketones (excluding diaryl/α,β-unsaturated/α-hetero) is 1. The fourth-order valence-corrected chi connectivity index (χ4v) is 2.76. The van der Waals surface area contributed by atoms with Crippen molar-refractivity contribution in [3.05, 3.63) is 51.5 Å². The zero-order valence-electron chi connectivity index (χ0n) is 11.5. The largest absolute Gasteiger partial charge is 0.298 e. The minimum atomic E-state index is -0.321. The molecule has 0 radical (unpaired) electrons. The molecule has 1 heterocycles. The third-order valence-electron chi connectivity index (χ3n) is 2.67. The van der Waals surface area contributed by atoms with Crippen LogP contribution in [0.15, 0.2) is 30.3 Å². The molecular formula is C15H13ClN2O2S. The van der Waals surface area contributed by atoms with Crippen LogP contribution in [0.3, 0.4) is 0 Å². The van der Waals surface area contributed by atoms with Gasteiger partial charge in [-0.15, -0.1) is 0 Å². The molecule has 0 aliphatic carbocycles. The number of hydrogen-bond donors (Lipinski definition) is 1. The van der Waals surface area contributed by atoms with Crippen molar-refractivity contribution >= 4 is 45.8 Å². The van der Waals surface area contributed by atoms with E-state index in [4.69, 9.17) is 11.6 Å². The van der Waals surface area contributed by atoms with E-state index in [0.29, 0.717) is 20.7 Å². The molecule has 108 valence electrons. The number of aromatic nitrogens is 1. The Kier molecular flexibility index (Phi) is 4.88. The van der Waals surface area contributed by atoms with Crippen LogP contribution in [-0.4, -0.2) is 16.7 Å². The highest BCUT2D eigenvalue weighted by molar-refractivity contribution is 7.17. The molecule has 0 bridgehead atoms. The summed E-state index contributed by atoms with van der Waals surface area (Å²) in [6, 6.07) is 7.23. The first-order valence-corrected chi connectivity index (χ1v) is 7.39. The summed E-state index contributed by atoms with van der Waals surface area (Å²) in [5, 5.41) is 3.62. The van der Waals surface area contributed by atoms with Crippen molar-refractivity contribution in [3.63, 3.8) is 0 Å². The first-order valence-electron chi connectivity index (χ1n) is 6.19. The van der Waals surface area contributed by atoms with Crippen molar-refractivity contribution < 1.29 is 9.59 Å². The predicted molar refractivity (Wildman–Crippen MR) is 86.0 cm³/mol. The maximum Gasteiger partial charge on any atom is 0.250 e. The zero-order chi connectivity index (χ0) is 15.4. The number of carbonyl (C=O) groups is 2. The number of nitrogens with zero attached hydrogens (tertiary/aromatic N) is 1. The normalized spacial score (nSPS) is 10.8. The third kappa shape index (κ3) is 4.00. The third-order valence-corrected chi connectivity index (χ3v) is 4.18. The lowest BCUT2D eigenvalue weighted by Crippen LogP contribution is -2.07. The minimum Gasteiger partial charge on any atom is -0.298 e. The van der Waals surface area contributed by atoms with Gasteiger partial charge in [0, 0.05) is 18.0 Å². The Bertz CT molecular complexity index is 722. The number of benzene rings is 1. The van der Waals surface area contributed by atoms with E-state index in [1.165, 1.54) is 24.3 Å². The van der Waals surface area contributed by atoms with E-state index in [1.807, 2.05) is 18.2 Å². The molecule has 0 spiro atoms. The van der Waals surface area contributed by atoms with Crippen molar-refractivity contribution in [2.45, 2.75) is 13.8 Å². The van der Waals surface area contributed by atoms with E-state index in [0.717, 1.165) is 5.56 Å². The molecule has 21 heavy (non-hydrogen) atoms. The molecule has 0 saturated heterocycles. The van der Waals surface area contributed by atoms with E-state index in [-0.39, 0.29) is 11.7 Å². The van der Waals surface area contributed by atoms with Gasteiger partial charge in [0.25, 0.3) is 0 Å². The lowest BCUT2D eigenvalue weighted by atomic mass is 10.2. The van der Waals surface area contributed by atoms with Crippen LogP contribution >= 0.6 is 22.9 Å². The monoisotopic (exact) mass is 320 g/mol. The summed E-state index contributed by atoms with van der Waals surface area (Å²) in [5.74, 6) is -0.379. The number of anilines is 1. The first-order chi connectivity index (χ1) is 9.97. The highest BCUT2D eigenvalue weighted by atomic mass is 35.5. The summed E-state index contributed by atoms with van der Waals surface area (Å²) in [6.45, 7) is 3.21. The molecular weight excluding hydrogens is 308 g/mol. The number of nitrogens with one attached hydrogen (secondary N) is 1. The van der Waals surface area contributed by atoms with Gasteiger partial charge in [0.15, 0.2) is 10.9 Å². The molecule has 4 nitrogen and oxygen atoms in total. The van der Waals surface area contributed by atoms with Crippen LogP contribution < -0.4 is 5.32 Å². The summed E-state index contributed by atoms with van der Waals surface area (Å²) in [6.07, 6.45) is 3.01. The van der Waals surface area contributed by atoms with Crippen LogP contribution in [0.2, 0.25) is 5.02 Å². The van der Waals surface area contributed by atoms with Crippen molar-refractivity contribution in [2.75, 3.05) is 5.32 Å². The predicted octanol–water partition coefficient (Wildman–Crippen LogP) is 3.96. The minimum absolute atomic E-state index is 0.0582. The highest BCUT2D eigenvalue weighted by Crippen LogP contribution is 2.23. The first kappa shape index (κ1) is 15.4. The molecule has 1 aromatic carbocycles. The number of rotatable bonds is 4. The van der Waals surface area contributed by atoms with Gasteiger partial charge in [0.2, 0.25) is 5.91 Å². The standard InChI is InChI=1S/C15H13ClN2O2S/c1-9-14(10(2)19)21-15(17-9)18-13(20)8-7-11-5-3-4-6-12(11)16/h3-8H,1-2H3,(H,17,18,20). The summed E-state index contributed by atoms with van der Waals surface area (Å²) in [4.78, 5) is 27.9. The van der Waals surface area contributed by atoms with E-state index in [2.05, 4.69) is 10.3 Å². The summed E-state index contributed by atoms with van der Waals surface area (Å²) in [7, 11) is 0. The van der Waals surface area contributed by atoms with Crippen molar-refractivity contribution in [3.8, 4) is 0 Å². The van der Waals surface area contributed by atoms with Crippen molar-refractivity contribution in [1.29, 1.82) is 0 Å². The van der Waals surface area contributed by atoms with Crippen LogP contribution in [0.25, 0.3) is 6.08 Å². The number of ketones is 1. The molecule has 0 aliphatic heterocycles. The Morgan fingerprint density at radius 3 is 2.67 bits per heavy atom. The molecule has 1 aromatic heterocycles. The summed E-state index contributed by atoms with van der Waals surface area (Å²) >= 11 is 7.16. The van der Waals surface area contributed by atoms with E-state index in [1.54, 1.807) is 19.1 Å². The van der Waals surface area contributed by atoms with Crippen LogP contribution in [0.1, 0.15) is 27.9 Å². The van der Waals surface area contributed by atoms with Crippen molar-refractivity contribution in [2.24, 2.45) is 0 Å². The second-order valence-corrected chi connectivity index (χ2v) is 5.74. The molecule has 0 atom stereocenters. The number of thiazole rings is 1. The molecule has 1 N–H and O–H groups in total.